The zero-order valence-corrected chi connectivity index (χ0v) is 17.6. The molecule has 0 aromatic heterocycles. The molecule has 0 radical (unpaired) electrons. The van der Waals surface area contributed by atoms with Crippen LogP contribution in [0.3, 0.4) is 0 Å². The van der Waals surface area contributed by atoms with Gasteiger partial charge in [0.2, 0.25) is 0 Å². The molecule has 1 aromatic carbocycles. The molecule has 0 atom stereocenters. The molecule has 0 aliphatic carbocycles. The van der Waals surface area contributed by atoms with Crippen molar-refractivity contribution in [3.63, 3.8) is 0 Å². The number of anilines is 1. The van der Waals surface area contributed by atoms with Crippen LogP contribution in [0.4, 0.5) is 5.69 Å². The van der Waals surface area contributed by atoms with Crippen molar-refractivity contribution in [2.24, 2.45) is 0 Å². The number of benzene rings is 1. The molecule has 0 fully saturated rings. The summed E-state index contributed by atoms with van der Waals surface area (Å²) in [5.41, 5.74) is 3.17. The van der Waals surface area contributed by atoms with E-state index >= 15 is 0 Å². The highest BCUT2D eigenvalue weighted by Gasteiger charge is 2.35. The largest absolute Gasteiger partial charge is 0.461 e. The summed E-state index contributed by atoms with van der Waals surface area (Å²) in [4.78, 5) is 14.7. The second kappa shape index (κ2) is 8.04. The fraction of sp³-hybridized carbons (Fsp3) is 0.400. The van der Waals surface area contributed by atoms with Crippen molar-refractivity contribution < 1.29 is 14.3 Å². The zero-order chi connectivity index (χ0) is 19.6. The Hall–Kier alpha value is -1.83. The molecule has 27 heavy (non-hydrogen) atoms. The Bertz CT molecular complexity index is 826. The van der Waals surface area contributed by atoms with Crippen LogP contribution >= 0.6 is 24.0 Å². The van der Waals surface area contributed by atoms with Crippen molar-refractivity contribution in [2.75, 3.05) is 18.5 Å². The minimum atomic E-state index is -0.399. The van der Waals surface area contributed by atoms with E-state index < -0.39 is 5.97 Å². The molecular weight excluding hydrogens is 380 g/mol. The number of ether oxygens (including phenoxy) is 2. The van der Waals surface area contributed by atoms with E-state index in [0.717, 1.165) is 16.3 Å². The fourth-order valence-corrected chi connectivity index (χ4v) is 4.18. The number of carbonyl (C=O) groups is 1. The summed E-state index contributed by atoms with van der Waals surface area (Å²) < 4.78 is 11.2. The van der Waals surface area contributed by atoms with Gasteiger partial charge >= 0.3 is 5.97 Å². The highest BCUT2D eigenvalue weighted by atomic mass is 32.2. The summed E-state index contributed by atoms with van der Waals surface area (Å²) >= 11 is 7.08. The molecule has 0 amide bonds. The van der Waals surface area contributed by atoms with Gasteiger partial charge in [0, 0.05) is 22.7 Å². The number of thioether (sulfide) groups is 1. The Morgan fingerprint density at radius 3 is 2.74 bits per heavy atom. The van der Waals surface area contributed by atoms with Gasteiger partial charge in [-0.2, -0.15) is 0 Å². The van der Waals surface area contributed by atoms with Crippen molar-refractivity contribution in [3.8, 4) is 0 Å². The predicted octanol–water partition coefficient (Wildman–Crippen LogP) is 4.26. The van der Waals surface area contributed by atoms with Crippen molar-refractivity contribution >= 4 is 40.6 Å². The highest BCUT2D eigenvalue weighted by molar-refractivity contribution is 8.08. The van der Waals surface area contributed by atoms with Crippen LogP contribution in [0, 0.1) is 6.92 Å². The minimum Gasteiger partial charge on any atom is -0.461 e. The van der Waals surface area contributed by atoms with E-state index in [9.17, 15) is 4.79 Å². The smallest absolute Gasteiger partial charge is 0.356 e. The van der Waals surface area contributed by atoms with Gasteiger partial charge in [-0.1, -0.05) is 41.7 Å². The molecule has 5 nitrogen and oxygen atoms in total. The lowest BCUT2D eigenvalue weighted by Crippen LogP contribution is -2.38. The van der Waals surface area contributed by atoms with Gasteiger partial charge in [0.25, 0.3) is 0 Å². The third kappa shape index (κ3) is 4.72. The van der Waals surface area contributed by atoms with Crippen molar-refractivity contribution in [2.45, 2.75) is 39.7 Å². The van der Waals surface area contributed by atoms with Crippen LogP contribution in [0.1, 0.15) is 32.8 Å². The Labute approximate surface area is 169 Å². The fourth-order valence-electron chi connectivity index (χ4n) is 2.84. The topological polar surface area (TPSA) is 59.6 Å². The second-order valence-corrected chi connectivity index (χ2v) is 8.61. The lowest BCUT2D eigenvalue weighted by atomic mass is 9.99. The molecule has 2 aliphatic heterocycles. The summed E-state index contributed by atoms with van der Waals surface area (Å²) in [7, 11) is 0. The van der Waals surface area contributed by atoms with E-state index in [-0.39, 0.29) is 5.60 Å². The Balaban J connectivity index is 1.87. The molecule has 0 bridgehead atoms. The Kier molecular flexibility index (Phi) is 5.93. The van der Waals surface area contributed by atoms with E-state index in [0.29, 0.717) is 35.2 Å². The minimum absolute atomic E-state index is 0.273. The van der Waals surface area contributed by atoms with Gasteiger partial charge < -0.3 is 20.1 Å². The van der Waals surface area contributed by atoms with Crippen molar-refractivity contribution in [1.82, 2.24) is 5.32 Å². The summed E-state index contributed by atoms with van der Waals surface area (Å²) in [5.74, 6) is -0.399. The van der Waals surface area contributed by atoms with Crippen LogP contribution in [0.5, 0.6) is 0 Å². The molecular formula is C20H24N2O3S2. The van der Waals surface area contributed by atoms with Crippen LogP contribution < -0.4 is 10.6 Å². The van der Waals surface area contributed by atoms with Gasteiger partial charge in [-0.05, 0) is 39.8 Å². The van der Waals surface area contributed by atoms with Crippen LogP contribution in [0.2, 0.25) is 0 Å². The molecule has 0 saturated heterocycles. The first-order valence-corrected chi connectivity index (χ1v) is 10.1. The number of rotatable bonds is 4. The van der Waals surface area contributed by atoms with E-state index in [1.807, 2.05) is 45.0 Å². The van der Waals surface area contributed by atoms with Crippen LogP contribution in [-0.2, 0) is 14.3 Å². The molecule has 1 aromatic rings. The van der Waals surface area contributed by atoms with Gasteiger partial charge in [0.15, 0.2) is 0 Å². The van der Waals surface area contributed by atoms with Gasteiger partial charge in [0.05, 0.1) is 23.7 Å². The quantitative estimate of drug-likeness (QED) is 0.574. The van der Waals surface area contributed by atoms with E-state index in [4.69, 9.17) is 21.7 Å². The SMILES string of the molecule is CCOC(=O)C1=C(C(=S)Nc2ccc(C)cc2)SC2=C(CC(C)(C)OC2)N1. The Morgan fingerprint density at radius 1 is 1.37 bits per heavy atom. The number of nitrogens with one attached hydrogen (secondary N) is 2. The number of aryl methyl sites for hydroxylation is 1. The van der Waals surface area contributed by atoms with Gasteiger partial charge in [-0.25, -0.2) is 4.79 Å². The predicted molar refractivity (Wildman–Crippen MR) is 113 cm³/mol. The number of carbonyl (C=O) groups excluding carboxylic acids is 1. The van der Waals surface area contributed by atoms with E-state index in [1.165, 1.54) is 17.3 Å². The van der Waals surface area contributed by atoms with Crippen LogP contribution in [0.15, 0.2) is 45.5 Å². The monoisotopic (exact) mass is 404 g/mol. The van der Waals surface area contributed by atoms with Crippen molar-refractivity contribution in [3.05, 3.63) is 51.0 Å². The van der Waals surface area contributed by atoms with E-state index in [1.54, 1.807) is 6.92 Å². The molecule has 2 N–H and O–H groups in total. The summed E-state index contributed by atoms with van der Waals surface area (Å²) in [6, 6.07) is 7.94. The maximum atomic E-state index is 12.5. The first-order valence-electron chi connectivity index (χ1n) is 8.89. The number of hydrogen-bond donors (Lipinski definition) is 2. The maximum Gasteiger partial charge on any atom is 0.356 e. The number of hydrogen-bond acceptors (Lipinski definition) is 6. The molecule has 2 heterocycles. The van der Waals surface area contributed by atoms with Gasteiger partial charge in [-0.3, -0.25) is 0 Å². The second-order valence-electron chi connectivity index (χ2n) is 7.10. The van der Waals surface area contributed by atoms with Gasteiger partial charge in [0.1, 0.15) is 10.7 Å². The third-order valence-corrected chi connectivity index (χ3v) is 5.91. The summed E-state index contributed by atoms with van der Waals surface area (Å²) in [5, 5.41) is 6.50. The van der Waals surface area contributed by atoms with E-state index in [2.05, 4.69) is 10.6 Å². The lowest BCUT2D eigenvalue weighted by Gasteiger charge is -2.36. The average molecular weight is 405 g/mol. The number of esters is 1. The number of thiocarbonyl (C=S) groups is 1. The average Bonchev–Trinajstić information content (AvgIpc) is 2.62. The molecule has 0 spiro atoms. The normalized spacial score (nSPS) is 18.5. The standard InChI is InChI=1S/C20H24N2O3S2/c1-5-24-19(23)16-17(18(26)21-13-8-6-12(2)7-9-13)27-15-11-25-20(3,4)10-14(15)22-16/h6-9,22H,5,10-11H2,1-4H3,(H,21,26). The molecule has 3 rings (SSSR count). The lowest BCUT2D eigenvalue weighted by molar-refractivity contribution is -0.138. The van der Waals surface area contributed by atoms with Gasteiger partial charge in [-0.15, -0.1) is 0 Å². The molecule has 0 saturated carbocycles. The highest BCUT2D eigenvalue weighted by Crippen LogP contribution is 2.41. The first kappa shape index (κ1) is 19.9. The van der Waals surface area contributed by atoms with Crippen molar-refractivity contribution in [1.29, 1.82) is 0 Å². The molecule has 0 unspecified atom stereocenters. The third-order valence-electron chi connectivity index (χ3n) is 4.26. The molecule has 144 valence electrons. The van der Waals surface area contributed by atoms with Crippen LogP contribution in [0.25, 0.3) is 0 Å². The zero-order valence-electron chi connectivity index (χ0n) is 16.0. The molecule has 7 heteroatoms. The molecule has 2 aliphatic rings. The summed E-state index contributed by atoms with van der Waals surface area (Å²) in [6.07, 6.45) is 0.698. The van der Waals surface area contributed by atoms with Crippen LogP contribution in [-0.4, -0.2) is 29.8 Å². The maximum absolute atomic E-state index is 12.5. The Morgan fingerprint density at radius 2 is 2.07 bits per heavy atom. The summed E-state index contributed by atoms with van der Waals surface area (Å²) in [6.45, 7) is 8.70. The first-order chi connectivity index (χ1) is 12.8.